The van der Waals surface area contributed by atoms with Crippen LogP contribution in [0.3, 0.4) is 0 Å². The first kappa shape index (κ1) is 24.4. The Hall–Kier alpha value is -0.650. The third-order valence-electron chi connectivity index (χ3n) is 6.17. The van der Waals surface area contributed by atoms with Gasteiger partial charge in [0.15, 0.2) is 0 Å². The average Bonchev–Trinajstić information content (AvgIpc) is 2.86. The number of ether oxygens (including phenoxy) is 1. The van der Waals surface area contributed by atoms with Gasteiger partial charge < -0.3 is 15.1 Å². The number of carbonyl (C=O) groups is 1. The zero-order valence-electron chi connectivity index (χ0n) is 18.1. The number of hydrogen-bond acceptors (Lipinski definition) is 4. The Kier molecular flexibility index (Phi) is 10.9. The molecule has 0 aliphatic carbocycles. The van der Waals surface area contributed by atoms with E-state index in [9.17, 15) is 10.0 Å². The van der Waals surface area contributed by atoms with Gasteiger partial charge in [0.05, 0.1) is 12.1 Å². The largest absolute Gasteiger partial charge is 0.481 e. The molecule has 5 nitrogen and oxygen atoms in total. The Labute approximate surface area is 166 Å². The first-order valence-corrected chi connectivity index (χ1v) is 11.1. The van der Waals surface area contributed by atoms with Gasteiger partial charge in [-0.1, -0.05) is 65.2 Å². The van der Waals surface area contributed by atoms with Crippen molar-refractivity contribution in [3.8, 4) is 0 Å². The molecule has 160 valence electrons. The highest BCUT2D eigenvalue weighted by atomic mass is 16.6. The van der Waals surface area contributed by atoms with Crippen LogP contribution >= 0.6 is 0 Å². The molecule has 5 heteroatoms. The molecule has 0 amide bonds. The molecule has 2 atom stereocenters. The van der Waals surface area contributed by atoms with Gasteiger partial charge >= 0.3 is 5.97 Å². The zero-order chi connectivity index (χ0) is 20.3. The average molecular weight is 386 g/mol. The molecule has 0 spiro atoms. The molecule has 27 heavy (non-hydrogen) atoms. The van der Waals surface area contributed by atoms with E-state index < -0.39 is 11.7 Å². The van der Waals surface area contributed by atoms with Crippen molar-refractivity contribution in [3.63, 3.8) is 0 Å². The maximum Gasteiger partial charge on any atom is 0.303 e. The number of rotatable bonds is 15. The lowest BCUT2D eigenvalue weighted by Gasteiger charge is -2.41. The molecule has 1 aliphatic rings. The Morgan fingerprint density at radius 2 is 1.48 bits per heavy atom. The van der Waals surface area contributed by atoms with Gasteiger partial charge in [0, 0.05) is 12.3 Å². The molecule has 1 aliphatic heterocycles. The van der Waals surface area contributed by atoms with Gasteiger partial charge in [0.25, 0.3) is 0 Å². The summed E-state index contributed by atoms with van der Waals surface area (Å²) in [4.78, 5) is 10.4. The lowest BCUT2D eigenvalue weighted by molar-refractivity contribution is -0.273. The molecule has 1 saturated heterocycles. The van der Waals surface area contributed by atoms with Crippen molar-refractivity contribution in [2.45, 2.75) is 122 Å². The van der Waals surface area contributed by atoms with Crippen molar-refractivity contribution >= 4 is 5.97 Å². The molecule has 0 bridgehead atoms. The monoisotopic (exact) mass is 385 g/mol. The third kappa shape index (κ3) is 7.71. The second-order valence-electron chi connectivity index (χ2n) is 9.00. The van der Waals surface area contributed by atoms with Crippen LogP contribution in [0.2, 0.25) is 0 Å². The van der Waals surface area contributed by atoms with Crippen LogP contribution in [-0.4, -0.2) is 39.2 Å². The third-order valence-corrected chi connectivity index (χ3v) is 6.17. The number of unbranched alkanes of at least 4 members (excludes halogenated alkanes) is 9. The molecule has 1 fully saturated rings. The molecule has 0 radical (unpaired) electrons. The van der Waals surface area contributed by atoms with Crippen molar-refractivity contribution in [3.05, 3.63) is 0 Å². The molecule has 0 saturated carbocycles. The quantitative estimate of drug-likeness (QED) is 0.339. The van der Waals surface area contributed by atoms with Crippen LogP contribution in [0.25, 0.3) is 0 Å². The van der Waals surface area contributed by atoms with E-state index in [-0.39, 0.29) is 5.54 Å². The maximum atomic E-state index is 10.7. The van der Waals surface area contributed by atoms with Crippen molar-refractivity contribution in [1.29, 1.82) is 0 Å². The van der Waals surface area contributed by atoms with Crippen LogP contribution in [0.5, 0.6) is 0 Å². The fourth-order valence-electron chi connectivity index (χ4n) is 4.10. The highest BCUT2D eigenvalue weighted by Crippen LogP contribution is 2.42. The first-order valence-electron chi connectivity index (χ1n) is 11.1. The Balaban J connectivity index is 2.13. The number of hydrogen-bond donors (Lipinski definition) is 2. The fraction of sp³-hybridized carbons (Fsp3) is 0.955. The van der Waals surface area contributed by atoms with Gasteiger partial charge in [-0.15, -0.1) is 0 Å². The fourth-order valence-corrected chi connectivity index (χ4v) is 4.10. The first-order chi connectivity index (χ1) is 12.8. The summed E-state index contributed by atoms with van der Waals surface area (Å²) in [6.45, 7) is 9.01. The summed E-state index contributed by atoms with van der Waals surface area (Å²) in [5, 5.41) is 20.8. The van der Waals surface area contributed by atoms with Crippen LogP contribution < -0.4 is 0 Å². The van der Waals surface area contributed by atoms with Crippen LogP contribution in [0.15, 0.2) is 0 Å². The molecule has 1 rings (SSSR count). The zero-order valence-corrected chi connectivity index (χ0v) is 18.1. The lowest BCUT2D eigenvalue weighted by Crippen LogP contribution is -2.53. The van der Waals surface area contributed by atoms with Crippen molar-refractivity contribution in [2.75, 3.05) is 6.61 Å². The van der Waals surface area contributed by atoms with Gasteiger partial charge in [-0.3, -0.25) is 4.79 Å². The maximum absolute atomic E-state index is 10.7. The van der Waals surface area contributed by atoms with E-state index in [4.69, 9.17) is 9.84 Å². The predicted octanol–water partition coefficient (Wildman–Crippen LogP) is 5.99. The van der Waals surface area contributed by atoms with E-state index in [1.807, 2.05) is 13.8 Å². The normalized spacial score (nSPS) is 23.6. The highest BCUT2D eigenvalue weighted by molar-refractivity contribution is 5.66. The number of aliphatic carboxylic acids is 1. The summed E-state index contributed by atoms with van der Waals surface area (Å²) in [6.07, 6.45) is 13.7. The molecule has 1 heterocycles. The van der Waals surface area contributed by atoms with Crippen LogP contribution in [0.1, 0.15) is 111 Å². The molecular weight excluding hydrogens is 342 g/mol. The smallest absolute Gasteiger partial charge is 0.303 e. The minimum atomic E-state index is -0.680. The van der Waals surface area contributed by atoms with Gasteiger partial charge in [0.2, 0.25) is 0 Å². The minimum Gasteiger partial charge on any atom is -0.481 e. The van der Waals surface area contributed by atoms with Gasteiger partial charge in [0.1, 0.15) is 5.72 Å². The molecule has 2 unspecified atom stereocenters. The summed E-state index contributed by atoms with van der Waals surface area (Å²) in [7, 11) is 0. The van der Waals surface area contributed by atoms with E-state index in [1.54, 1.807) is 0 Å². The van der Waals surface area contributed by atoms with E-state index in [2.05, 4.69) is 13.8 Å². The molecule has 0 aromatic heterocycles. The molecular formula is C22H43NO4. The molecule has 2 N–H and O–H groups in total. The van der Waals surface area contributed by atoms with Crippen molar-refractivity contribution in [1.82, 2.24) is 5.06 Å². The van der Waals surface area contributed by atoms with E-state index in [0.29, 0.717) is 18.9 Å². The summed E-state index contributed by atoms with van der Waals surface area (Å²) in [6, 6.07) is 0. The molecule has 0 aromatic rings. The Morgan fingerprint density at radius 3 is 1.89 bits per heavy atom. The number of carboxylic acids is 1. The molecule has 0 aromatic carbocycles. The van der Waals surface area contributed by atoms with Crippen LogP contribution in [-0.2, 0) is 9.53 Å². The number of hydroxylamine groups is 2. The number of nitrogens with zero attached hydrogens (tertiary/aromatic N) is 1. The summed E-state index contributed by atoms with van der Waals surface area (Å²) >= 11 is 0. The lowest BCUT2D eigenvalue weighted by atomic mass is 9.88. The SMILES string of the molecule is CCC(C)C1(CCCCCCCCCCCCC(=O)O)OCC(C)(C)N1O. The predicted molar refractivity (Wildman–Crippen MR) is 109 cm³/mol. The van der Waals surface area contributed by atoms with Gasteiger partial charge in [-0.05, 0) is 39.5 Å². The van der Waals surface area contributed by atoms with Crippen LogP contribution in [0.4, 0.5) is 0 Å². The topological polar surface area (TPSA) is 70.0 Å². The highest BCUT2D eigenvalue weighted by Gasteiger charge is 2.53. The summed E-state index contributed by atoms with van der Waals surface area (Å²) in [5.74, 6) is -0.369. The van der Waals surface area contributed by atoms with E-state index in [1.165, 1.54) is 43.6 Å². The second-order valence-corrected chi connectivity index (χ2v) is 9.00. The summed E-state index contributed by atoms with van der Waals surface area (Å²) < 4.78 is 6.17. The van der Waals surface area contributed by atoms with Crippen molar-refractivity contribution < 1.29 is 19.8 Å². The Bertz CT molecular complexity index is 427. The standard InChI is InChI=1S/C22H43NO4/c1-5-19(2)22(23(26)21(3,4)18-27-22)17-15-13-11-9-7-6-8-10-12-14-16-20(24)25/h19,26H,5-18H2,1-4H3,(H,24,25). The second kappa shape index (κ2) is 12.0. The number of carboxylic acid groups (broad SMARTS) is 1. The minimum absolute atomic E-state index is 0.310. The van der Waals surface area contributed by atoms with Crippen LogP contribution in [0, 0.1) is 5.92 Å². The van der Waals surface area contributed by atoms with E-state index in [0.717, 1.165) is 38.5 Å². The van der Waals surface area contributed by atoms with Crippen molar-refractivity contribution in [2.24, 2.45) is 5.92 Å². The van der Waals surface area contributed by atoms with E-state index >= 15 is 0 Å². The Morgan fingerprint density at radius 1 is 1.00 bits per heavy atom. The van der Waals surface area contributed by atoms with Gasteiger partial charge in [-0.2, -0.15) is 5.06 Å². The summed E-state index contributed by atoms with van der Waals surface area (Å²) in [5.41, 5.74) is -0.831. The van der Waals surface area contributed by atoms with Gasteiger partial charge in [-0.25, -0.2) is 0 Å².